The summed E-state index contributed by atoms with van der Waals surface area (Å²) in [5.41, 5.74) is 3.49. The number of anilines is 6. The van der Waals surface area contributed by atoms with Crippen molar-refractivity contribution in [3.8, 4) is 0 Å². The fourth-order valence-electron chi connectivity index (χ4n) is 8.88. The summed E-state index contributed by atoms with van der Waals surface area (Å²) in [5, 5.41) is 23.7. The fourth-order valence-corrected chi connectivity index (χ4v) is 9.66. The number of nitrogens with zero attached hydrogens (tertiary/aromatic N) is 8. The first-order chi connectivity index (χ1) is 32.3. The second-order valence-electron chi connectivity index (χ2n) is 17.2. The van der Waals surface area contributed by atoms with Gasteiger partial charge in [0.05, 0.1) is 33.6 Å². The molecule has 1 aromatic carbocycles. The van der Waals surface area contributed by atoms with Crippen LogP contribution >= 0.6 is 11.3 Å². The largest absolute Gasteiger partial charge is 0.385 e. The van der Waals surface area contributed by atoms with Gasteiger partial charge in [0.15, 0.2) is 10.9 Å². The first kappa shape index (κ1) is 48.1. The number of hydrogen-bond donors (Lipinski definition) is 4. The van der Waals surface area contributed by atoms with Crippen LogP contribution in [-0.4, -0.2) is 90.6 Å². The maximum absolute atomic E-state index is 13.6. The summed E-state index contributed by atoms with van der Waals surface area (Å²) in [6.07, 6.45) is 14.9. The lowest BCUT2D eigenvalue weighted by atomic mass is 10.0. The molecule has 4 N–H and O–H groups in total. The number of hydrogen-bond acceptors (Lipinski definition) is 15. The number of carbonyl (C=O) groups excluding carboxylic acids is 4. The third-order valence-electron chi connectivity index (χ3n) is 12.4. The van der Waals surface area contributed by atoms with Crippen molar-refractivity contribution in [2.45, 2.75) is 111 Å². The molecule has 0 unspecified atom stereocenters. The number of rotatable bonds is 20. The molecule has 67 heavy (non-hydrogen) atoms. The third-order valence-corrected chi connectivity index (χ3v) is 13.4. The molecule has 19 nitrogen and oxygen atoms in total. The van der Waals surface area contributed by atoms with Crippen LogP contribution in [0.2, 0.25) is 0 Å². The van der Waals surface area contributed by atoms with Crippen molar-refractivity contribution in [1.82, 2.24) is 29.4 Å². The van der Waals surface area contributed by atoms with Crippen molar-refractivity contribution in [3.05, 3.63) is 85.6 Å². The van der Waals surface area contributed by atoms with Gasteiger partial charge in [-0.25, -0.2) is 15.0 Å². The van der Waals surface area contributed by atoms with E-state index >= 15 is 0 Å². The third kappa shape index (κ3) is 12.0. The molecule has 2 fully saturated rings. The van der Waals surface area contributed by atoms with Crippen LogP contribution in [0.5, 0.6) is 0 Å². The van der Waals surface area contributed by atoms with Crippen molar-refractivity contribution in [1.29, 1.82) is 0 Å². The topological polar surface area (TPSA) is 240 Å². The zero-order chi connectivity index (χ0) is 47.6. The van der Waals surface area contributed by atoms with Gasteiger partial charge in [0.1, 0.15) is 17.2 Å². The van der Waals surface area contributed by atoms with Crippen LogP contribution in [0, 0.1) is 24.0 Å². The number of fused-ring (bicyclic) bond motifs is 1. The second kappa shape index (κ2) is 22.1. The molecule has 1 aliphatic heterocycles. The Morgan fingerprint density at radius 2 is 1.58 bits per heavy atom. The fraction of sp³-hybridized carbons (Fsp3) is 0.468. The number of Topliss-reactive ketones (excluding diaryl/α,β-unsaturated/α-hetero) is 1. The van der Waals surface area contributed by atoms with Crippen LogP contribution < -0.4 is 31.7 Å². The number of benzene rings is 1. The van der Waals surface area contributed by atoms with Gasteiger partial charge in [-0.05, 0) is 93.7 Å². The second-order valence-corrected chi connectivity index (χ2v) is 18.2. The molecule has 0 bridgehead atoms. The number of ketones is 1. The van der Waals surface area contributed by atoms with Gasteiger partial charge in [-0.3, -0.25) is 44.0 Å². The zero-order valence-corrected chi connectivity index (χ0v) is 39.3. The molecule has 3 amide bonds. The van der Waals surface area contributed by atoms with Crippen molar-refractivity contribution in [2.75, 3.05) is 58.9 Å². The molecule has 4 aromatic heterocycles. The minimum atomic E-state index is -0.542. The Morgan fingerprint density at radius 3 is 2.24 bits per heavy atom. The van der Waals surface area contributed by atoms with Gasteiger partial charge in [-0.1, -0.05) is 44.9 Å². The van der Waals surface area contributed by atoms with Gasteiger partial charge >= 0.3 is 5.00 Å². The van der Waals surface area contributed by atoms with Gasteiger partial charge in [0.2, 0.25) is 17.8 Å². The molecule has 354 valence electrons. The summed E-state index contributed by atoms with van der Waals surface area (Å²) in [6, 6.07) is 8.89. The standard InChI is InChI=1S/C47H58N12O7S/c1-29-37-28-50-46(54-42(37)58(34-14-11-12-15-34)44(64)41(29)31(3)60)53-39-20-18-35(27-49-39)56-22-24-57(25-23-56)40(62)16-10-8-6-5-7-9-13-21-48-33-17-19-36(38(26-33)52-32(4)61)43(63)55-47-51-30(2)45(67-47)59(65)66/h17-20,26-28,34,48H,5-16,21-25H2,1-4H3,(H,52,61)(H,51,55,63)(H,49,50,53,54). The highest BCUT2D eigenvalue weighted by molar-refractivity contribution is 7.19. The quantitative estimate of drug-likeness (QED) is 0.0248. The molecule has 1 saturated carbocycles. The SMILES string of the molecule is CC(=O)Nc1cc(NCCCCCCCCCC(=O)N2CCN(c3ccc(Nc4ncc5c(C)c(C(C)=O)c(=O)n(C6CCCC6)c5n4)nc3)CC2)ccc1C(=O)Nc1nc(C)c([N+](=O)[O-])s1. The molecule has 5 aromatic rings. The predicted molar refractivity (Wildman–Crippen MR) is 260 cm³/mol. The number of pyridine rings is 2. The normalized spacial score (nSPS) is 14.0. The Labute approximate surface area is 392 Å². The maximum atomic E-state index is 13.6. The van der Waals surface area contributed by atoms with Gasteiger partial charge in [0, 0.05) is 69.4 Å². The monoisotopic (exact) mass is 934 g/mol. The van der Waals surface area contributed by atoms with Gasteiger partial charge in [-0.2, -0.15) is 4.98 Å². The van der Waals surface area contributed by atoms with E-state index in [2.05, 4.69) is 41.1 Å². The minimum absolute atomic E-state index is 0.00582. The van der Waals surface area contributed by atoms with E-state index < -0.39 is 10.8 Å². The molecule has 2 aliphatic rings. The average Bonchev–Trinajstić information content (AvgIpc) is 3.97. The van der Waals surface area contributed by atoms with Crippen LogP contribution in [0.1, 0.15) is 129 Å². The highest BCUT2D eigenvalue weighted by Gasteiger charge is 2.27. The van der Waals surface area contributed by atoms with Crippen LogP contribution in [0.25, 0.3) is 11.0 Å². The van der Waals surface area contributed by atoms with Crippen LogP contribution in [0.3, 0.4) is 0 Å². The van der Waals surface area contributed by atoms with E-state index in [1.165, 1.54) is 20.8 Å². The number of thiazole rings is 1. The van der Waals surface area contributed by atoms with E-state index in [9.17, 15) is 34.1 Å². The molecule has 5 heterocycles. The van der Waals surface area contributed by atoms with Gasteiger partial charge in [0.25, 0.3) is 11.5 Å². The Hall–Kier alpha value is -6.83. The number of amides is 3. The van der Waals surface area contributed by atoms with Gasteiger partial charge < -0.3 is 25.8 Å². The van der Waals surface area contributed by atoms with Crippen molar-refractivity contribution in [2.24, 2.45) is 0 Å². The lowest BCUT2D eigenvalue weighted by Crippen LogP contribution is -2.48. The molecule has 20 heteroatoms. The van der Waals surface area contributed by atoms with Gasteiger partial charge in [-0.15, -0.1) is 0 Å². The number of carbonyl (C=O) groups is 4. The summed E-state index contributed by atoms with van der Waals surface area (Å²) < 4.78 is 1.70. The van der Waals surface area contributed by atoms with Crippen molar-refractivity contribution >= 4 is 84.8 Å². The summed E-state index contributed by atoms with van der Waals surface area (Å²) in [6.45, 7) is 9.51. The van der Waals surface area contributed by atoms with E-state index in [0.717, 1.165) is 93.3 Å². The lowest BCUT2D eigenvalue weighted by molar-refractivity contribution is -0.380. The van der Waals surface area contributed by atoms with E-state index in [1.54, 1.807) is 42.1 Å². The number of aryl methyl sites for hydroxylation is 2. The van der Waals surface area contributed by atoms with Crippen LogP contribution in [0.15, 0.2) is 47.5 Å². The first-order valence-electron chi connectivity index (χ1n) is 23.0. The van der Waals surface area contributed by atoms with E-state index in [-0.39, 0.29) is 56.2 Å². The summed E-state index contributed by atoms with van der Waals surface area (Å²) in [4.78, 5) is 96.8. The smallest absolute Gasteiger partial charge is 0.348 e. The predicted octanol–water partition coefficient (Wildman–Crippen LogP) is 8.32. The Balaban J connectivity index is 0.781. The first-order valence-corrected chi connectivity index (χ1v) is 23.9. The van der Waals surface area contributed by atoms with Crippen LogP contribution in [-0.2, 0) is 9.59 Å². The lowest BCUT2D eigenvalue weighted by Gasteiger charge is -2.36. The van der Waals surface area contributed by atoms with E-state index in [0.29, 0.717) is 73.2 Å². The summed E-state index contributed by atoms with van der Waals surface area (Å²) >= 11 is 0.773. The average molecular weight is 935 g/mol. The molecule has 1 saturated heterocycles. The Morgan fingerprint density at radius 1 is 0.866 bits per heavy atom. The summed E-state index contributed by atoms with van der Waals surface area (Å²) in [5.74, 6) is -0.0551. The molecular formula is C47H58N12O7S. The molecule has 0 spiro atoms. The van der Waals surface area contributed by atoms with E-state index in [1.807, 2.05) is 17.0 Å². The number of piperazine rings is 1. The summed E-state index contributed by atoms with van der Waals surface area (Å²) in [7, 11) is 0. The maximum Gasteiger partial charge on any atom is 0.348 e. The molecule has 1 aliphatic carbocycles. The Bertz CT molecular complexity index is 2690. The Kier molecular flexibility index (Phi) is 15.9. The van der Waals surface area contributed by atoms with Crippen molar-refractivity contribution < 1.29 is 24.1 Å². The highest BCUT2D eigenvalue weighted by Crippen LogP contribution is 2.33. The molecule has 7 rings (SSSR count). The minimum Gasteiger partial charge on any atom is -0.385 e. The number of nitrogens with one attached hydrogen (secondary N) is 4. The van der Waals surface area contributed by atoms with E-state index in [4.69, 9.17) is 4.98 Å². The number of unbranched alkanes of at least 4 members (excludes halogenated alkanes) is 6. The van der Waals surface area contributed by atoms with Crippen LogP contribution in [0.4, 0.5) is 39.0 Å². The number of aromatic nitrogens is 5. The zero-order valence-electron chi connectivity index (χ0n) is 38.5. The highest BCUT2D eigenvalue weighted by atomic mass is 32.1. The molecular weight excluding hydrogens is 877 g/mol. The molecule has 0 radical (unpaired) electrons. The van der Waals surface area contributed by atoms with Crippen molar-refractivity contribution in [3.63, 3.8) is 0 Å². The molecule has 0 atom stereocenters. The number of nitro groups is 1.